The topological polar surface area (TPSA) is 18.5 Å². The van der Waals surface area contributed by atoms with Crippen LogP contribution in [-0.4, -0.2) is 21.5 Å². The van der Waals surface area contributed by atoms with Gasteiger partial charge in [0.1, 0.15) is 23.0 Å². The summed E-state index contributed by atoms with van der Waals surface area (Å²) in [5, 5.41) is 13.7. The smallest absolute Gasteiger partial charge is 0.252 e. The van der Waals surface area contributed by atoms with E-state index in [0.29, 0.717) is 0 Å². The van der Waals surface area contributed by atoms with E-state index in [0.717, 1.165) is 23.0 Å². The monoisotopic (exact) mass is 882 g/mol. The van der Waals surface area contributed by atoms with E-state index in [1.807, 2.05) is 0 Å². The molecule has 0 saturated heterocycles. The maximum Gasteiger partial charge on any atom is 0.252 e. The van der Waals surface area contributed by atoms with Gasteiger partial charge in [-0.2, -0.15) is 0 Å². The van der Waals surface area contributed by atoms with Gasteiger partial charge in [0, 0.05) is 0 Å². The highest BCUT2D eigenvalue weighted by atomic mass is 28.3. The fraction of sp³-hybridized carbons (Fsp3) is 0.0794. The minimum Gasteiger partial charge on any atom is -0.458 e. The Labute approximate surface area is 398 Å². The van der Waals surface area contributed by atoms with Crippen LogP contribution in [0.2, 0.25) is 0 Å². The van der Waals surface area contributed by atoms with E-state index in [1.165, 1.54) is 136 Å². The second-order valence-electron chi connectivity index (χ2n) is 20.2. The summed E-state index contributed by atoms with van der Waals surface area (Å²) >= 11 is 0. The molecule has 4 aliphatic rings. The van der Waals surface area contributed by atoms with Crippen molar-refractivity contribution in [3.8, 4) is 45.3 Å². The molecular weight excluding hydrogens is 838 g/mol. The molecule has 11 aromatic rings. The van der Waals surface area contributed by atoms with Gasteiger partial charge in [0.2, 0.25) is 0 Å². The third-order valence-corrected chi connectivity index (χ3v) is 21.0. The number of rotatable bonds is 4. The van der Waals surface area contributed by atoms with Gasteiger partial charge >= 0.3 is 0 Å². The normalized spacial score (nSPS) is 13.5. The molecule has 0 atom stereocenters. The SMILES string of the molecule is Cc1ccc2c(c1)Oc1cc(C)cc3c1B2c1cc2c([Si](c4ccccc4)(c4ccccc4)c4ccccc4)cc4c5c(cc6c(C)cc-3c1c6c25)B1c2ccc(C)cc2Oc2cc(C)cc-4c21. The molecule has 318 valence electrons. The van der Waals surface area contributed by atoms with Crippen molar-refractivity contribution < 1.29 is 9.47 Å². The molecule has 0 amide bonds. The molecule has 2 nitrogen and oxygen atoms in total. The van der Waals surface area contributed by atoms with Gasteiger partial charge in [-0.3, -0.25) is 0 Å². The van der Waals surface area contributed by atoms with Crippen molar-refractivity contribution in [1.29, 1.82) is 0 Å². The quantitative estimate of drug-likeness (QED) is 0.100. The van der Waals surface area contributed by atoms with Crippen LogP contribution in [0.5, 0.6) is 23.0 Å². The first kappa shape index (κ1) is 38.5. The van der Waals surface area contributed by atoms with Crippen LogP contribution in [0.3, 0.4) is 0 Å². The number of hydrogen-bond acceptors (Lipinski definition) is 2. The van der Waals surface area contributed by atoms with Gasteiger partial charge in [-0.15, -0.1) is 0 Å². The third-order valence-electron chi connectivity index (χ3n) is 16.1. The van der Waals surface area contributed by atoms with Crippen molar-refractivity contribution in [3.05, 3.63) is 204 Å². The summed E-state index contributed by atoms with van der Waals surface area (Å²) in [6.07, 6.45) is 0. The largest absolute Gasteiger partial charge is 0.458 e. The predicted molar refractivity (Wildman–Crippen MR) is 291 cm³/mol. The Morgan fingerprint density at radius 3 is 1.25 bits per heavy atom. The van der Waals surface area contributed by atoms with E-state index >= 15 is 0 Å². The lowest BCUT2D eigenvalue weighted by atomic mass is 9.32. The molecule has 4 aliphatic heterocycles. The highest BCUT2D eigenvalue weighted by molar-refractivity contribution is 7.21. The molecule has 0 spiro atoms. The zero-order valence-corrected chi connectivity index (χ0v) is 39.7. The fourth-order valence-electron chi connectivity index (χ4n) is 13.5. The molecule has 0 aliphatic carbocycles. The van der Waals surface area contributed by atoms with Gasteiger partial charge in [-0.25, -0.2) is 0 Å². The third kappa shape index (κ3) is 4.89. The fourth-order valence-corrected chi connectivity index (χ4v) is 18.5. The second-order valence-corrected chi connectivity index (χ2v) is 24.0. The Kier molecular flexibility index (Phi) is 7.66. The molecule has 5 heteroatoms. The molecule has 0 bridgehead atoms. The van der Waals surface area contributed by atoms with Crippen molar-refractivity contribution >= 4 is 107 Å². The molecule has 15 rings (SSSR count). The Hall–Kier alpha value is -7.59. The lowest BCUT2D eigenvalue weighted by Gasteiger charge is -2.40. The molecule has 0 fully saturated rings. The van der Waals surface area contributed by atoms with Crippen LogP contribution in [0.25, 0.3) is 54.6 Å². The Balaban J connectivity index is 1.22. The molecule has 0 unspecified atom stereocenters. The zero-order valence-electron chi connectivity index (χ0n) is 38.7. The molecule has 0 radical (unpaired) electrons. The van der Waals surface area contributed by atoms with Crippen LogP contribution < -0.4 is 63.0 Å². The van der Waals surface area contributed by atoms with Crippen LogP contribution in [0.1, 0.15) is 27.8 Å². The summed E-state index contributed by atoms with van der Waals surface area (Å²) < 4.78 is 14.0. The first-order valence-corrected chi connectivity index (χ1v) is 26.1. The van der Waals surface area contributed by atoms with Gasteiger partial charge in [0.15, 0.2) is 8.07 Å². The van der Waals surface area contributed by atoms with E-state index in [2.05, 4.69) is 211 Å². The molecule has 68 heavy (non-hydrogen) atoms. The van der Waals surface area contributed by atoms with Gasteiger partial charge in [0.05, 0.1) is 0 Å². The van der Waals surface area contributed by atoms with Gasteiger partial charge in [0.25, 0.3) is 13.4 Å². The van der Waals surface area contributed by atoms with Crippen LogP contribution in [0.15, 0.2) is 176 Å². The summed E-state index contributed by atoms with van der Waals surface area (Å²) in [5.41, 5.74) is 19.1. The Morgan fingerprint density at radius 1 is 0.338 bits per heavy atom. The summed E-state index contributed by atoms with van der Waals surface area (Å²) in [7, 11) is -3.14. The summed E-state index contributed by atoms with van der Waals surface area (Å²) in [4.78, 5) is 0. The Bertz CT molecular complexity index is 3940. The van der Waals surface area contributed by atoms with Crippen molar-refractivity contribution in [2.24, 2.45) is 0 Å². The molecular formula is C63H44B2O2Si. The van der Waals surface area contributed by atoms with Gasteiger partial charge < -0.3 is 9.47 Å². The number of hydrogen-bond donors (Lipinski definition) is 0. The highest BCUT2D eigenvalue weighted by Crippen LogP contribution is 2.47. The van der Waals surface area contributed by atoms with Crippen LogP contribution in [-0.2, 0) is 0 Å². The first-order chi connectivity index (χ1) is 33.3. The van der Waals surface area contributed by atoms with E-state index in [9.17, 15) is 0 Å². The summed E-state index contributed by atoms with van der Waals surface area (Å²) in [6, 6.07) is 68.0. The van der Waals surface area contributed by atoms with Crippen LogP contribution >= 0.6 is 0 Å². The minimum atomic E-state index is -3.14. The average Bonchev–Trinajstić information content (AvgIpc) is 3.35. The number of benzene rings is 11. The maximum atomic E-state index is 7.03. The van der Waals surface area contributed by atoms with E-state index in [-0.39, 0.29) is 13.4 Å². The average molecular weight is 883 g/mol. The standard InChI is InChI=1S/C63H44B2O2Si/c1-35-21-23-49-53(27-35)67-56-30-38(4)26-47-45-34-57(68(40-15-9-6-10-16-40,41-17-11-7-12-18-41)42-19-13-8-14-20-42)48-33-52-58-44(31-39(5)43-32-51(64(49)63(47)56)59(45)61(48)60(43)58)46-25-37(3)29-55-62(46)65(52)50-24-22-36(2)28-54(50)66-55/h6-34H,1-5H3. The van der Waals surface area contributed by atoms with Gasteiger partial charge in [-0.1, -0.05) is 163 Å². The van der Waals surface area contributed by atoms with Crippen molar-refractivity contribution in [2.45, 2.75) is 34.6 Å². The number of ether oxygens (including phenoxy) is 2. The van der Waals surface area contributed by atoms with Crippen molar-refractivity contribution in [2.75, 3.05) is 0 Å². The Morgan fingerprint density at radius 2 is 0.765 bits per heavy atom. The number of fused-ring (bicyclic) bond motifs is 8. The summed E-state index contributed by atoms with van der Waals surface area (Å²) in [6.45, 7) is 11.2. The van der Waals surface area contributed by atoms with E-state index < -0.39 is 8.07 Å². The van der Waals surface area contributed by atoms with Crippen LogP contribution in [0.4, 0.5) is 0 Å². The number of aryl methyl sites for hydroxylation is 5. The van der Waals surface area contributed by atoms with Crippen LogP contribution in [0, 0.1) is 34.6 Å². The van der Waals surface area contributed by atoms with Crippen molar-refractivity contribution in [3.63, 3.8) is 0 Å². The lowest BCUT2D eigenvalue weighted by molar-refractivity contribution is 0.486. The first-order valence-electron chi connectivity index (χ1n) is 24.1. The minimum absolute atomic E-state index is 0.00977. The van der Waals surface area contributed by atoms with E-state index in [1.54, 1.807) is 0 Å². The van der Waals surface area contributed by atoms with E-state index in [4.69, 9.17) is 9.47 Å². The molecule has 11 aromatic carbocycles. The molecule has 0 aromatic heterocycles. The molecule has 4 heterocycles. The van der Waals surface area contributed by atoms with Gasteiger partial charge in [-0.05, 0) is 184 Å². The second kappa shape index (κ2) is 13.5. The maximum absolute atomic E-state index is 7.03. The highest BCUT2D eigenvalue weighted by Gasteiger charge is 2.48. The zero-order chi connectivity index (χ0) is 45.3. The predicted octanol–water partition coefficient (Wildman–Crippen LogP) is 8.71. The molecule has 0 N–H and O–H groups in total. The lowest BCUT2D eigenvalue weighted by Crippen LogP contribution is -2.75. The molecule has 0 saturated carbocycles. The van der Waals surface area contributed by atoms with Crippen molar-refractivity contribution in [1.82, 2.24) is 0 Å². The summed E-state index contributed by atoms with van der Waals surface area (Å²) in [5.74, 6) is 3.86.